The van der Waals surface area contributed by atoms with Gasteiger partial charge >= 0.3 is 0 Å². The molecule has 1 heteroatoms. The van der Waals surface area contributed by atoms with E-state index in [1.807, 2.05) is 50.3 Å². The maximum absolute atomic E-state index is 14.4. The average Bonchev–Trinajstić information content (AvgIpc) is 2.57. The zero-order valence-corrected chi connectivity index (χ0v) is 13.4. The number of hydrogen-bond donors (Lipinski definition) is 0. The summed E-state index contributed by atoms with van der Waals surface area (Å²) in [5, 5.41) is 2.29. The van der Waals surface area contributed by atoms with Crippen LogP contribution in [0.2, 0.25) is 0 Å². The van der Waals surface area contributed by atoms with Crippen LogP contribution in [-0.2, 0) is 0 Å². The Labute approximate surface area is 136 Å². The minimum atomic E-state index is -0.209. The number of benzene rings is 3. The van der Waals surface area contributed by atoms with Crippen LogP contribution in [0.4, 0.5) is 4.39 Å². The Balaban J connectivity index is 2.18. The molecule has 114 valence electrons. The molecule has 0 fully saturated rings. The van der Waals surface area contributed by atoms with Crippen molar-refractivity contribution in [3.8, 4) is 0 Å². The summed E-state index contributed by atoms with van der Waals surface area (Å²) in [5.41, 5.74) is 4.28. The molecule has 0 nitrogen and oxygen atoms in total. The van der Waals surface area contributed by atoms with Crippen LogP contribution in [0.5, 0.6) is 0 Å². The van der Waals surface area contributed by atoms with Gasteiger partial charge in [-0.2, -0.15) is 0 Å². The topological polar surface area (TPSA) is 0 Å². The van der Waals surface area contributed by atoms with Crippen LogP contribution in [0.1, 0.15) is 23.6 Å². The molecule has 0 unspecified atom stereocenters. The number of hydrogen-bond acceptors (Lipinski definition) is 0. The number of rotatable bonds is 3. The molecule has 0 aliphatic heterocycles. The number of halogens is 1. The van der Waals surface area contributed by atoms with Crippen LogP contribution in [0.3, 0.4) is 0 Å². The van der Waals surface area contributed by atoms with Crippen molar-refractivity contribution >= 4 is 21.9 Å². The lowest BCUT2D eigenvalue weighted by molar-refractivity contribution is 0.623. The van der Waals surface area contributed by atoms with Crippen molar-refractivity contribution in [2.24, 2.45) is 0 Å². The van der Waals surface area contributed by atoms with Gasteiger partial charge in [-0.1, -0.05) is 67.3 Å². The van der Waals surface area contributed by atoms with Crippen molar-refractivity contribution < 1.29 is 4.39 Å². The van der Waals surface area contributed by atoms with Gasteiger partial charge in [0.05, 0.1) is 0 Å². The van der Waals surface area contributed by atoms with Crippen LogP contribution in [0.25, 0.3) is 21.9 Å². The Hall–Kier alpha value is -2.67. The lowest BCUT2D eigenvalue weighted by Gasteiger charge is -2.16. The molecule has 3 aromatic rings. The van der Waals surface area contributed by atoms with Gasteiger partial charge in [0, 0.05) is 5.56 Å². The third-order valence-electron chi connectivity index (χ3n) is 4.22. The quantitative estimate of drug-likeness (QED) is 0.491. The molecule has 0 N–H and O–H groups in total. The van der Waals surface area contributed by atoms with E-state index >= 15 is 0 Å². The minimum absolute atomic E-state index is 0.209. The van der Waals surface area contributed by atoms with Crippen molar-refractivity contribution in [2.45, 2.75) is 13.8 Å². The summed E-state index contributed by atoms with van der Waals surface area (Å²) in [6, 6.07) is 19.5. The molecule has 0 spiro atoms. The second kappa shape index (κ2) is 6.21. The third-order valence-corrected chi connectivity index (χ3v) is 4.22. The normalized spacial score (nSPS) is 11.7. The molecular formula is C22H19F. The van der Waals surface area contributed by atoms with E-state index in [0.29, 0.717) is 5.56 Å². The molecule has 0 amide bonds. The van der Waals surface area contributed by atoms with E-state index in [0.717, 1.165) is 33.0 Å². The highest BCUT2D eigenvalue weighted by Crippen LogP contribution is 2.36. The fourth-order valence-corrected chi connectivity index (χ4v) is 3.08. The van der Waals surface area contributed by atoms with Gasteiger partial charge in [-0.15, -0.1) is 0 Å². The molecule has 0 radical (unpaired) electrons. The molecule has 0 atom stereocenters. The summed E-state index contributed by atoms with van der Waals surface area (Å²) in [4.78, 5) is 0. The van der Waals surface area contributed by atoms with E-state index in [2.05, 4.69) is 24.8 Å². The number of aryl methyl sites for hydroxylation is 1. The summed E-state index contributed by atoms with van der Waals surface area (Å²) in [5.74, 6) is -0.209. The molecule has 0 saturated carbocycles. The van der Waals surface area contributed by atoms with Crippen molar-refractivity contribution in [2.75, 3.05) is 0 Å². The van der Waals surface area contributed by atoms with Gasteiger partial charge in [-0.3, -0.25) is 0 Å². The molecule has 0 aliphatic carbocycles. The van der Waals surface area contributed by atoms with Crippen LogP contribution in [0, 0.1) is 12.7 Å². The number of fused-ring (bicyclic) bond motifs is 1. The first-order valence-electron chi connectivity index (χ1n) is 7.72. The first-order chi connectivity index (χ1) is 11.1. The van der Waals surface area contributed by atoms with Crippen molar-refractivity contribution in [3.63, 3.8) is 0 Å². The van der Waals surface area contributed by atoms with Crippen LogP contribution < -0.4 is 0 Å². The van der Waals surface area contributed by atoms with Gasteiger partial charge in [0.1, 0.15) is 5.82 Å². The van der Waals surface area contributed by atoms with Crippen molar-refractivity contribution in [1.82, 2.24) is 0 Å². The summed E-state index contributed by atoms with van der Waals surface area (Å²) in [6.45, 7) is 8.13. The zero-order valence-electron chi connectivity index (χ0n) is 13.4. The van der Waals surface area contributed by atoms with E-state index in [1.165, 1.54) is 6.07 Å². The summed E-state index contributed by atoms with van der Waals surface area (Å²) < 4.78 is 14.4. The molecule has 0 saturated heterocycles. The summed E-state index contributed by atoms with van der Waals surface area (Å²) in [6.07, 6.45) is 1.94. The van der Waals surface area contributed by atoms with Crippen molar-refractivity contribution in [3.05, 3.63) is 95.8 Å². The molecule has 3 aromatic carbocycles. The highest BCUT2D eigenvalue weighted by atomic mass is 19.1. The van der Waals surface area contributed by atoms with E-state index < -0.39 is 0 Å². The molecular weight excluding hydrogens is 283 g/mol. The minimum Gasteiger partial charge on any atom is -0.206 e. The van der Waals surface area contributed by atoms with Gasteiger partial charge in [-0.25, -0.2) is 4.39 Å². The second-order valence-electron chi connectivity index (χ2n) is 5.64. The highest BCUT2D eigenvalue weighted by Gasteiger charge is 2.15. The Morgan fingerprint density at radius 2 is 1.65 bits per heavy atom. The van der Waals surface area contributed by atoms with E-state index in [9.17, 15) is 4.39 Å². The zero-order chi connectivity index (χ0) is 16.4. The lowest BCUT2D eigenvalue weighted by atomic mass is 9.88. The van der Waals surface area contributed by atoms with Crippen LogP contribution >= 0.6 is 0 Å². The second-order valence-corrected chi connectivity index (χ2v) is 5.64. The Bertz CT molecular complexity index is 891. The molecule has 0 bridgehead atoms. The highest BCUT2D eigenvalue weighted by molar-refractivity contribution is 6.10. The first kappa shape index (κ1) is 15.2. The maximum Gasteiger partial charge on any atom is 0.131 e. The maximum atomic E-state index is 14.4. The van der Waals surface area contributed by atoms with Gasteiger partial charge in [0.25, 0.3) is 0 Å². The van der Waals surface area contributed by atoms with Gasteiger partial charge in [0.15, 0.2) is 0 Å². The fourth-order valence-electron chi connectivity index (χ4n) is 3.08. The summed E-state index contributed by atoms with van der Waals surface area (Å²) in [7, 11) is 0. The van der Waals surface area contributed by atoms with Crippen molar-refractivity contribution in [1.29, 1.82) is 0 Å². The van der Waals surface area contributed by atoms with Crippen LogP contribution in [0.15, 0.2) is 73.3 Å². The Morgan fingerprint density at radius 1 is 0.957 bits per heavy atom. The van der Waals surface area contributed by atoms with E-state index in [-0.39, 0.29) is 5.82 Å². The first-order valence-corrected chi connectivity index (χ1v) is 7.72. The van der Waals surface area contributed by atoms with E-state index in [1.54, 1.807) is 6.07 Å². The SMILES string of the molecule is C=C(/C(=C/C)c1c(C)cccc1F)c1cccc2ccccc12. The van der Waals surface area contributed by atoms with Gasteiger partial charge < -0.3 is 0 Å². The monoisotopic (exact) mass is 302 g/mol. The molecule has 0 aromatic heterocycles. The molecule has 0 heterocycles. The summed E-state index contributed by atoms with van der Waals surface area (Å²) >= 11 is 0. The van der Waals surface area contributed by atoms with E-state index in [4.69, 9.17) is 0 Å². The third kappa shape index (κ3) is 2.70. The Morgan fingerprint density at radius 3 is 2.39 bits per heavy atom. The largest absolute Gasteiger partial charge is 0.206 e. The Kier molecular flexibility index (Phi) is 4.12. The standard InChI is InChI=1S/C22H19F/c1-4-18(22-15(2)9-7-14-21(22)23)16(3)19-13-8-11-17-10-5-6-12-20(17)19/h4-14H,3H2,1-2H3/b18-4-. The molecule has 3 rings (SSSR count). The number of allylic oxidation sites excluding steroid dienone is 3. The molecule has 0 aliphatic rings. The lowest BCUT2D eigenvalue weighted by Crippen LogP contribution is -1.97. The average molecular weight is 302 g/mol. The van der Waals surface area contributed by atoms with Gasteiger partial charge in [-0.05, 0) is 53.0 Å². The molecule has 23 heavy (non-hydrogen) atoms. The predicted molar refractivity (Wildman–Crippen MR) is 97.8 cm³/mol. The predicted octanol–water partition coefficient (Wildman–Crippen LogP) is 6.40. The smallest absolute Gasteiger partial charge is 0.131 e. The van der Waals surface area contributed by atoms with Crippen LogP contribution in [-0.4, -0.2) is 0 Å². The van der Waals surface area contributed by atoms with Gasteiger partial charge in [0.2, 0.25) is 0 Å². The fraction of sp³-hybridized carbons (Fsp3) is 0.0909.